The zero-order chi connectivity index (χ0) is 13.5. The van der Waals surface area contributed by atoms with Crippen molar-refractivity contribution < 1.29 is 19.4 Å². The summed E-state index contributed by atoms with van der Waals surface area (Å²) >= 11 is 0. The lowest BCUT2D eigenvalue weighted by Gasteiger charge is -2.23. The number of hydrogen-bond donors (Lipinski definition) is 2. The van der Waals surface area contributed by atoms with Crippen molar-refractivity contribution in [3.63, 3.8) is 0 Å². The average Bonchev–Trinajstić information content (AvgIpc) is 2.24. The van der Waals surface area contributed by atoms with Crippen molar-refractivity contribution in [3.8, 4) is 0 Å². The highest BCUT2D eigenvalue weighted by Crippen LogP contribution is 2.22. The molecular formula is C12H21NO4. The van der Waals surface area contributed by atoms with Crippen LogP contribution in [0.25, 0.3) is 0 Å². The van der Waals surface area contributed by atoms with Crippen LogP contribution in [0.4, 0.5) is 4.79 Å². The Kier molecular flexibility index (Phi) is 6.31. The summed E-state index contributed by atoms with van der Waals surface area (Å²) in [6.07, 6.45) is 2.82. The lowest BCUT2D eigenvalue weighted by Crippen LogP contribution is -2.39. The minimum absolute atomic E-state index is 0.141. The van der Waals surface area contributed by atoms with E-state index >= 15 is 0 Å². The van der Waals surface area contributed by atoms with Gasteiger partial charge in [-0.25, -0.2) is 4.79 Å². The van der Waals surface area contributed by atoms with Gasteiger partial charge in [-0.05, 0) is 25.2 Å². The number of alkyl carbamates (subject to hydrolysis) is 1. The summed E-state index contributed by atoms with van der Waals surface area (Å²) in [5.41, 5.74) is -0.141. The Labute approximate surface area is 102 Å². The zero-order valence-corrected chi connectivity index (χ0v) is 10.7. The number of carboxylic acids is 1. The number of amides is 1. The summed E-state index contributed by atoms with van der Waals surface area (Å²) in [5, 5.41) is 10.8. The van der Waals surface area contributed by atoms with Crippen LogP contribution in [-0.4, -0.2) is 29.8 Å². The normalized spacial score (nSPS) is 12.6. The minimum Gasteiger partial charge on any atom is -0.480 e. The van der Waals surface area contributed by atoms with E-state index in [-0.39, 0.29) is 12.0 Å². The van der Waals surface area contributed by atoms with Crippen molar-refractivity contribution in [3.05, 3.63) is 12.7 Å². The SMILES string of the molecule is C=CCCC(C)(C)COC(=O)N[C@@H](C)C(=O)O. The van der Waals surface area contributed by atoms with E-state index in [0.29, 0.717) is 0 Å². The lowest BCUT2D eigenvalue weighted by molar-refractivity contribution is -0.138. The first kappa shape index (κ1) is 15.5. The molecule has 0 aliphatic rings. The molecule has 0 aromatic carbocycles. The van der Waals surface area contributed by atoms with Crippen molar-refractivity contribution in [2.24, 2.45) is 5.41 Å². The summed E-state index contributed by atoms with van der Waals surface area (Å²) in [5.74, 6) is -1.09. The van der Waals surface area contributed by atoms with E-state index in [1.807, 2.05) is 19.9 Å². The Balaban J connectivity index is 3.98. The second-order valence-corrected chi connectivity index (χ2v) is 4.77. The van der Waals surface area contributed by atoms with Gasteiger partial charge >= 0.3 is 12.1 Å². The molecular weight excluding hydrogens is 222 g/mol. The van der Waals surface area contributed by atoms with Gasteiger partial charge in [0.1, 0.15) is 6.04 Å². The Morgan fingerprint density at radius 1 is 1.53 bits per heavy atom. The molecule has 0 spiro atoms. The van der Waals surface area contributed by atoms with Crippen molar-refractivity contribution in [2.45, 2.75) is 39.7 Å². The molecule has 0 rings (SSSR count). The Morgan fingerprint density at radius 2 is 2.12 bits per heavy atom. The quantitative estimate of drug-likeness (QED) is 0.672. The largest absolute Gasteiger partial charge is 0.480 e. The fourth-order valence-corrected chi connectivity index (χ4v) is 1.11. The minimum atomic E-state index is -1.09. The van der Waals surface area contributed by atoms with E-state index in [1.165, 1.54) is 6.92 Å². The second-order valence-electron chi connectivity index (χ2n) is 4.77. The molecule has 1 atom stereocenters. The molecule has 0 unspecified atom stereocenters. The van der Waals surface area contributed by atoms with E-state index in [0.717, 1.165) is 12.8 Å². The van der Waals surface area contributed by atoms with E-state index in [4.69, 9.17) is 9.84 Å². The third-order valence-electron chi connectivity index (χ3n) is 2.32. The van der Waals surface area contributed by atoms with Gasteiger partial charge in [-0.15, -0.1) is 6.58 Å². The molecule has 0 radical (unpaired) electrons. The molecule has 17 heavy (non-hydrogen) atoms. The second kappa shape index (κ2) is 6.93. The van der Waals surface area contributed by atoms with Crippen LogP contribution >= 0.6 is 0 Å². The molecule has 0 saturated heterocycles. The van der Waals surface area contributed by atoms with Gasteiger partial charge in [-0.2, -0.15) is 0 Å². The first-order valence-electron chi connectivity index (χ1n) is 5.55. The maximum Gasteiger partial charge on any atom is 0.407 e. The molecule has 0 aliphatic carbocycles. The summed E-state index contributed by atoms with van der Waals surface area (Å²) in [7, 11) is 0. The maximum atomic E-state index is 11.3. The van der Waals surface area contributed by atoms with Gasteiger partial charge in [-0.3, -0.25) is 4.79 Å². The molecule has 0 heterocycles. The number of carbonyl (C=O) groups excluding carboxylic acids is 1. The van der Waals surface area contributed by atoms with Gasteiger partial charge in [0.05, 0.1) is 6.61 Å². The van der Waals surface area contributed by atoms with E-state index in [9.17, 15) is 9.59 Å². The molecule has 0 aliphatic heterocycles. The highest BCUT2D eigenvalue weighted by Gasteiger charge is 2.21. The fraction of sp³-hybridized carbons (Fsp3) is 0.667. The third-order valence-corrected chi connectivity index (χ3v) is 2.32. The van der Waals surface area contributed by atoms with Gasteiger partial charge in [0.15, 0.2) is 0 Å². The topological polar surface area (TPSA) is 75.6 Å². The van der Waals surface area contributed by atoms with Crippen molar-refractivity contribution in [1.29, 1.82) is 0 Å². The fourth-order valence-electron chi connectivity index (χ4n) is 1.11. The summed E-state index contributed by atoms with van der Waals surface area (Å²) < 4.78 is 4.98. The number of nitrogens with one attached hydrogen (secondary N) is 1. The Morgan fingerprint density at radius 3 is 2.59 bits per heavy atom. The lowest BCUT2D eigenvalue weighted by atomic mass is 9.89. The molecule has 0 saturated carbocycles. The number of carboxylic acid groups (broad SMARTS) is 1. The van der Waals surface area contributed by atoms with Gasteiger partial charge in [-0.1, -0.05) is 19.9 Å². The highest BCUT2D eigenvalue weighted by atomic mass is 16.5. The van der Waals surface area contributed by atoms with Crippen LogP contribution < -0.4 is 5.32 Å². The van der Waals surface area contributed by atoms with Crippen LogP contribution in [0.2, 0.25) is 0 Å². The van der Waals surface area contributed by atoms with Gasteiger partial charge in [0.25, 0.3) is 0 Å². The molecule has 98 valence electrons. The predicted octanol–water partition coefficient (Wildman–Crippen LogP) is 2.18. The van der Waals surface area contributed by atoms with Crippen molar-refractivity contribution >= 4 is 12.1 Å². The first-order chi connectivity index (χ1) is 7.78. The maximum absolute atomic E-state index is 11.3. The molecule has 5 heteroatoms. The smallest absolute Gasteiger partial charge is 0.407 e. The van der Waals surface area contributed by atoms with Crippen LogP contribution in [0.15, 0.2) is 12.7 Å². The molecule has 2 N–H and O–H groups in total. The third kappa shape index (κ3) is 7.38. The summed E-state index contributed by atoms with van der Waals surface area (Å²) in [6, 6.07) is -0.946. The van der Waals surface area contributed by atoms with Crippen LogP contribution in [-0.2, 0) is 9.53 Å². The van der Waals surface area contributed by atoms with Gasteiger partial charge < -0.3 is 15.2 Å². The summed E-state index contributed by atoms with van der Waals surface area (Å²) in [6.45, 7) is 9.22. The standard InChI is InChI=1S/C12H21NO4/c1-5-6-7-12(3,4)8-17-11(16)13-9(2)10(14)15/h5,9H,1,6-8H2,2-4H3,(H,13,16)(H,14,15)/t9-/m0/s1. The van der Waals surface area contributed by atoms with Crippen molar-refractivity contribution in [1.82, 2.24) is 5.32 Å². The number of ether oxygens (including phenoxy) is 1. The molecule has 0 bridgehead atoms. The van der Waals surface area contributed by atoms with Crippen LogP contribution in [0.3, 0.4) is 0 Å². The number of aliphatic carboxylic acids is 1. The van der Waals surface area contributed by atoms with Crippen molar-refractivity contribution in [2.75, 3.05) is 6.61 Å². The van der Waals surface area contributed by atoms with Crippen LogP contribution in [0.1, 0.15) is 33.6 Å². The van der Waals surface area contributed by atoms with Crippen LogP contribution in [0, 0.1) is 5.41 Å². The van der Waals surface area contributed by atoms with E-state index in [1.54, 1.807) is 0 Å². The number of hydrogen-bond acceptors (Lipinski definition) is 3. The zero-order valence-electron chi connectivity index (χ0n) is 10.7. The van der Waals surface area contributed by atoms with E-state index < -0.39 is 18.1 Å². The molecule has 1 amide bonds. The predicted molar refractivity (Wildman–Crippen MR) is 64.8 cm³/mol. The summed E-state index contributed by atoms with van der Waals surface area (Å²) in [4.78, 5) is 21.8. The van der Waals surface area contributed by atoms with Crippen LogP contribution in [0.5, 0.6) is 0 Å². The first-order valence-corrected chi connectivity index (χ1v) is 5.55. The molecule has 0 fully saturated rings. The number of rotatable bonds is 7. The number of carbonyl (C=O) groups is 2. The van der Waals surface area contributed by atoms with E-state index in [2.05, 4.69) is 11.9 Å². The molecule has 5 nitrogen and oxygen atoms in total. The average molecular weight is 243 g/mol. The Hall–Kier alpha value is -1.52. The van der Waals surface area contributed by atoms with Gasteiger partial charge in [0.2, 0.25) is 0 Å². The van der Waals surface area contributed by atoms with Gasteiger partial charge in [0, 0.05) is 0 Å². The highest BCUT2D eigenvalue weighted by molar-refractivity contribution is 5.79. The number of allylic oxidation sites excluding steroid dienone is 1. The monoisotopic (exact) mass is 243 g/mol. The molecule has 0 aromatic rings. The molecule has 0 aromatic heterocycles. The Bertz CT molecular complexity index is 286.